The molecule has 424 valence electrons. The van der Waals surface area contributed by atoms with Gasteiger partial charge in [0, 0.05) is 30.3 Å². The van der Waals surface area contributed by atoms with Gasteiger partial charge < -0.3 is 79.0 Å². The Morgan fingerprint density at radius 2 is 0.831 bits per heavy atom. The molecule has 0 saturated heterocycles. The number of hydrogen-bond acceptors (Lipinski definition) is 5. The second-order valence-corrected chi connectivity index (χ2v) is 29.6. The second-order valence-electron chi connectivity index (χ2n) is 29.3. The summed E-state index contributed by atoms with van der Waals surface area (Å²) in [5, 5.41) is 13.1. The standard InChI is InChI=1S/C13H24ClNO.C11H23N.C11H22O.C10H18O.C9H14O.CH4.2CH3.2ClH.Cu.2HI.2Mg/c1-11(2)7-12(3,4)9-13(5,8-11)15-10(16)6-14;2*1-9(2)6-10(3,4)8-11(5,12)7-9;1-9(2)5-8(11)6-10(3,4)7-9;1-7-4-8(10)6-9(2,3)5-7;;;;;;;;;;/h6-9H2,1-5H3,(H,15,16);6-8,12H2,1-5H3;12H,6-8H2,1-5H3;5-7H2,1-4H3;4H,5-6H2,1-3H3;1H4;2*1H3;2*1H;;2*1H;;/q;;;;;;2*-1;;;+1;;;2*+2/p-3. The van der Waals surface area contributed by atoms with Gasteiger partial charge in [0.1, 0.15) is 11.7 Å². The summed E-state index contributed by atoms with van der Waals surface area (Å²) < 4.78 is 0. The maximum absolute atomic E-state index is 11.5. The SMILES string of the molecule is C.CC1(C)CC(=O)CC(C)(C)C1.CC1(C)CC(C)(C)CC(C)(N)C1.CC1(C)CC(C)(C)CC(C)(NC(=O)CCl)C1.CC1(C)CC(C)(C)CC(C)(O)C1.CC1=CC(=O)CC(C)(C)C1.Cl.[CH3-].[CH3-].[Cl][Cu].[I-].[I-].[Mg+2].[Mg+2]. The van der Waals surface area contributed by atoms with Crippen molar-refractivity contribution in [1.82, 2.24) is 5.32 Å². The summed E-state index contributed by atoms with van der Waals surface area (Å²) in [4.78, 5) is 33.8. The van der Waals surface area contributed by atoms with E-state index in [4.69, 9.17) is 17.3 Å². The zero-order valence-corrected chi connectivity index (χ0v) is 60.0. The average Bonchev–Trinajstić information content (AvgIpc) is 2.88. The summed E-state index contributed by atoms with van der Waals surface area (Å²) in [6.45, 7) is 48.8. The molecule has 14 heteroatoms. The molecule has 0 atom stereocenters. The van der Waals surface area contributed by atoms with Gasteiger partial charge in [-0.05, 0) is 153 Å². The molecule has 71 heavy (non-hydrogen) atoms. The van der Waals surface area contributed by atoms with Crippen LogP contribution in [0.2, 0.25) is 0 Å². The van der Waals surface area contributed by atoms with Crippen LogP contribution in [-0.4, -0.2) is 91.2 Å². The Bertz CT molecular complexity index is 1410. The molecule has 0 bridgehead atoms. The molecule has 0 unspecified atom stereocenters. The van der Waals surface area contributed by atoms with E-state index in [0.717, 1.165) is 57.8 Å². The van der Waals surface area contributed by atoms with E-state index in [1.165, 1.54) is 31.3 Å². The van der Waals surface area contributed by atoms with Gasteiger partial charge in [-0.15, -0.1) is 24.0 Å². The molecule has 5 aliphatic carbocycles. The molecule has 4 N–H and O–H groups in total. The van der Waals surface area contributed by atoms with Crippen LogP contribution in [0.15, 0.2) is 11.6 Å². The smallest absolute Gasteiger partial charge is 1.00 e. The van der Waals surface area contributed by atoms with Crippen LogP contribution in [0.3, 0.4) is 0 Å². The van der Waals surface area contributed by atoms with Crippen LogP contribution >= 0.6 is 34.1 Å². The van der Waals surface area contributed by atoms with E-state index in [2.05, 4.69) is 169 Å². The van der Waals surface area contributed by atoms with Gasteiger partial charge in [-0.25, -0.2) is 0 Å². The summed E-state index contributed by atoms with van der Waals surface area (Å²) >= 11 is 9.22. The monoisotopic (exact) mass is 1360 g/mol. The molecule has 0 spiro atoms. The molecule has 0 heterocycles. The van der Waals surface area contributed by atoms with Gasteiger partial charge in [0.25, 0.3) is 0 Å². The molecule has 4 saturated carbocycles. The Morgan fingerprint density at radius 1 is 0.549 bits per heavy atom. The van der Waals surface area contributed by atoms with Crippen LogP contribution in [-0.2, 0) is 29.5 Å². The Balaban J connectivity index is -0.0000000938. The van der Waals surface area contributed by atoms with Gasteiger partial charge in [-0.1, -0.05) is 138 Å². The first kappa shape index (κ1) is 93.2. The van der Waals surface area contributed by atoms with Crippen LogP contribution in [0.25, 0.3) is 0 Å². The first-order valence-electron chi connectivity index (χ1n) is 23.8. The minimum Gasteiger partial charge on any atom is -1.00 e. The van der Waals surface area contributed by atoms with E-state index >= 15 is 0 Å². The number of ketones is 2. The van der Waals surface area contributed by atoms with Crippen LogP contribution in [0.4, 0.5) is 0 Å². The third-order valence-electron chi connectivity index (χ3n) is 12.8. The number of hydrogen-bond donors (Lipinski definition) is 3. The normalized spacial score (nSPS) is 24.5. The van der Waals surface area contributed by atoms with Crippen molar-refractivity contribution < 1.29 is 82.5 Å². The molecule has 0 radical (unpaired) electrons. The van der Waals surface area contributed by atoms with Crippen molar-refractivity contribution in [3.63, 3.8) is 0 Å². The van der Waals surface area contributed by atoms with Gasteiger partial charge in [-0.3, -0.25) is 14.4 Å². The van der Waals surface area contributed by atoms with Gasteiger partial charge in [-0.2, -0.15) is 0 Å². The maximum Gasteiger partial charge on any atom is 2.00 e. The Hall–Kier alpha value is 2.85. The molecular formula is C57H112Cl3CuI2Mg2N2O4. The fourth-order valence-corrected chi connectivity index (χ4v) is 15.6. The number of nitrogens with two attached hydrogens (primary N) is 1. The fraction of sp³-hybridized carbons (Fsp3) is 0.877. The number of carbonyl (C=O) groups is 3. The average molecular weight is 1360 g/mol. The summed E-state index contributed by atoms with van der Waals surface area (Å²) in [7, 11) is 4.20. The van der Waals surface area contributed by atoms with E-state index in [-0.39, 0.29) is 184 Å². The molecule has 5 aliphatic rings. The van der Waals surface area contributed by atoms with Crippen molar-refractivity contribution in [3.05, 3.63) is 26.5 Å². The van der Waals surface area contributed by atoms with Gasteiger partial charge in [0.15, 0.2) is 5.78 Å². The molecule has 1 amide bonds. The molecule has 6 nitrogen and oxygen atoms in total. The van der Waals surface area contributed by atoms with E-state index < -0.39 is 5.60 Å². The van der Waals surface area contributed by atoms with Crippen molar-refractivity contribution in [2.45, 2.75) is 266 Å². The third kappa shape index (κ3) is 41.5. The fourth-order valence-electron chi connectivity index (χ4n) is 15.5. The Kier molecular flexibility index (Phi) is 45.8. The zero-order valence-electron chi connectivity index (χ0n) is 49.6. The first-order valence-corrected chi connectivity index (χ1v) is 25.7. The second kappa shape index (κ2) is 34.9. The van der Waals surface area contributed by atoms with Crippen LogP contribution < -0.4 is 59.0 Å². The number of alkyl halides is 1. The van der Waals surface area contributed by atoms with Gasteiger partial charge in [0.05, 0.1) is 5.60 Å². The number of halogens is 5. The Morgan fingerprint density at radius 3 is 1.07 bits per heavy atom. The number of amides is 1. The largest absolute Gasteiger partial charge is 2.00 e. The number of rotatable bonds is 2. The summed E-state index contributed by atoms with van der Waals surface area (Å²) in [5.74, 6) is 0.717. The van der Waals surface area contributed by atoms with E-state index in [1.807, 2.05) is 13.8 Å². The summed E-state index contributed by atoms with van der Waals surface area (Å²) in [5.41, 5.74) is 9.59. The molecule has 0 aromatic heterocycles. The number of carbonyl (C=O) groups excluding carboxylic acids is 3. The van der Waals surface area contributed by atoms with E-state index in [9.17, 15) is 19.5 Å². The number of aliphatic hydroxyl groups is 1. The molecule has 0 aliphatic heterocycles. The number of nitrogens with one attached hydrogen (secondary N) is 1. The first-order chi connectivity index (χ1) is 27.6. The number of Topliss-reactive ketones (excluding diaryl/α,β-unsaturated/α-hetero) is 1. The quantitative estimate of drug-likeness (QED) is 0.110. The minimum absolute atomic E-state index is 0. The third-order valence-corrected chi connectivity index (χ3v) is 13.0. The predicted octanol–water partition coefficient (Wildman–Crippen LogP) is 10.3. The zero-order chi connectivity index (χ0) is 50.3. The summed E-state index contributed by atoms with van der Waals surface area (Å²) in [6, 6.07) is 0. The van der Waals surface area contributed by atoms with Crippen molar-refractivity contribution in [1.29, 1.82) is 0 Å². The molecule has 5 rings (SSSR count). The number of allylic oxidation sites excluding steroid dienone is 2. The summed E-state index contributed by atoms with van der Waals surface area (Å²) in [6.07, 6.45) is 16.2. The van der Waals surface area contributed by atoms with Gasteiger partial charge in [0.2, 0.25) is 5.91 Å². The van der Waals surface area contributed by atoms with Crippen molar-refractivity contribution in [3.8, 4) is 0 Å². The van der Waals surface area contributed by atoms with E-state index in [0.29, 0.717) is 33.9 Å². The maximum atomic E-state index is 11.5. The molecular weight excluding hydrogens is 1250 g/mol. The molecule has 4 fully saturated rings. The predicted molar refractivity (Wildman–Crippen MR) is 307 cm³/mol. The van der Waals surface area contributed by atoms with Crippen LogP contribution in [0.5, 0.6) is 0 Å². The van der Waals surface area contributed by atoms with E-state index in [1.54, 1.807) is 6.08 Å². The van der Waals surface area contributed by atoms with Crippen molar-refractivity contribution >= 4 is 97.7 Å². The minimum atomic E-state index is -0.453. The van der Waals surface area contributed by atoms with Crippen molar-refractivity contribution in [2.75, 3.05) is 5.88 Å². The topological polar surface area (TPSA) is 109 Å². The molecule has 0 aromatic carbocycles. The van der Waals surface area contributed by atoms with Crippen molar-refractivity contribution in [2.24, 2.45) is 54.5 Å². The molecule has 0 aromatic rings. The van der Waals surface area contributed by atoms with Gasteiger partial charge >= 0.3 is 71.3 Å². The Labute approximate surface area is 532 Å². The van der Waals surface area contributed by atoms with Crippen LogP contribution in [0, 0.1) is 63.6 Å². The van der Waals surface area contributed by atoms with Crippen LogP contribution in [0.1, 0.15) is 250 Å².